The molecule has 0 atom stereocenters. The fourth-order valence-electron chi connectivity index (χ4n) is 1.56. The number of nitrogens with one attached hydrogen (secondary N) is 1. The fraction of sp³-hybridized carbons (Fsp3) is 0.0714. The molecule has 0 aliphatic rings. The van der Waals surface area contributed by atoms with Gasteiger partial charge in [-0.1, -0.05) is 54.6 Å². The smallest absolute Gasteiger partial charge is 0.0250 e. The highest BCUT2D eigenvalue weighted by Gasteiger charge is 1.95. The Kier molecular flexibility index (Phi) is 5.64. The number of hydrazine groups is 1. The second kappa shape index (κ2) is 7.33. The van der Waals surface area contributed by atoms with Gasteiger partial charge in [-0.3, -0.25) is 11.7 Å². The average molecular weight is 227 g/mol. The Balaban J connectivity index is 0.000000686. The molecule has 88 valence electrons. The standard InChI is InChI=1S/C14H13N.H4N2/c15-11-14-8-6-13(7-9-14)10-12-4-2-1-3-5-12;1-2/h1-9,11,15H,10H2;1-2H2. The van der Waals surface area contributed by atoms with Crippen molar-refractivity contribution in [3.05, 3.63) is 71.3 Å². The maximum Gasteiger partial charge on any atom is 0.0250 e. The van der Waals surface area contributed by atoms with Crippen LogP contribution in [-0.4, -0.2) is 6.21 Å². The van der Waals surface area contributed by atoms with Crippen molar-refractivity contribution in [2.75, 3.05) is 0 Å². The largest absolute Gasteiger partial charge is 0.308 e. The average Bonchev–Trinajstić information content (AvgIpc) is 2.43. The van der Waals surface area contributed by atoms with E-state index >= 15 is 0 Å². The van der Waals surface area contributed by atoms with Crippen LogP contribution in [0.4, 0.5) is 0 Å². The van der Waals surface area contributed by atoms with Gasteiger partial charge in [0, 0.05) is 6.21 Å². The topological polar surface area (TPSA) is 75.9 Å². The van der Waals surface area contributed by atoms with E-state index in [-0.39, 0.29) is 0 Å². The van der Waals surface area contributed by atoms with Crippen LogP contribution in [0.15, 0.2) is 54.6 Å². The normalized spacial score (nSPS) is 9.06. The van der Waals surface area contributed by atoms with Crippen molar-refractivity contribution in [2.24, 2.45) is 11.7 Å². The van der Waals surface area contributed by atoms with Gasteiger partial charge in [-0.2, -0.15) is 0 Å². The highest BCUT2D eigenvalue weighted by atomic mass is 15.0. The summed E-state index contributed by atoms with van der Waals surface area (Å²) in [5, 5.41) is 7.11. The Morgan fingerprint density at radius 3 is 1.88 bits per heavy atom. The molecule has 0 bridgehead atoms. The van der Waals surface area contributed by atoms with Crippen molar-refractivity contribution in [2.45, 2.75) is 6.42 Å². The predicted octanol–water partition coefficient (Wildman–Crippen LogP) is 2.09. The SMILES string of the molecule is N=Cc1ccc(Cc2ccccc2)cc1.NN. The van der Waals surface area contributed by atoms with Gasteiger partial charge in [-0.25, -0.2) is 0 Å². The Morgan fingerprint density at radius 2 is 1.35 bits per heavy atom. The third-order valence-corrected chi connectivity index (χ3v) is 2.40. The van der Waals surface area contributed by atoms with Crippen molar-refractivity contribution >= 4 is 6.21 Å². The summed E-state index contributed by atoms with van der Waals surface area (Å²) in [6.07, 6.45) is 2.32. The lowest BCUT2D eigenvalue weighted by Crippen LogP contribution is -2.02. The molecule has 2 aromatic carbocycles. The highest BCUT2D eigenvalue weighted by molar-refractivity contribution is 5.76. The van der Waals surface area contributed by atoms with Gasteiger partial charge < -0.3 is 5.41 Å². The fourth-order valence-corrected chi connectivity index (χ4v) is 1.56. The minimum Gasteiger partial charge on any atom is -0.308 e. The van der Waals surface area contributed by atoms with E-state index in [2.05, 4.69) is 48.1 Å². The zero-order chi connectivity index (χ0) is 12.5. The summed E-state index contributed by atoms with van der Waals surface area (Å²) in [6.45, 7) is 0. The zero-order valence-electron chi connectivity index (χ0n) is 9.64. The minimum atomic E-state index is 0.951. The predicted molar refractivity (Wildman–Crippen MR) is 72.0 cm³/mol. The van der Waals surface area contributed by atoms with E-state index in [0.717, 1.165) is 12.0 Å². The number of hydrogen-bond donors (Lipinski definition) is 3. The first kappa shape index (κ1) is 13.1. The number of benzene rings is 2. The minimum absolute atomic E-state index is 0.951. The Labute approximate surface area is 102 Å². The molecule has 3 heteroatoms. The molecule has 0 radical (unpaired) electrons. The highest BCUT2D eigenvalue weighted by Crippen LogP contribution is 2.09. The number of nitrogens with two attached hydrogens (primary N) is 2. The van der Waals surface area contributed by atoms with E-state index in [1.807, 2.05) is 18.2 Å². The van der Waals surface area contributed by atoms with Crippen LogP contribution in [0.25, 0.3) is 0 Å². The second-order valence-corrected chi connectivity index (χ2v) is 3.55. The summed E-state index contributed by atoms with van der Waals surface area (Å²) >= 11 is 0. The van der Waals surface area contributed by atoms with Crippen LogP contribution in [0.5, 0.6) is 0 Å². The zero-order valence-corrected chi connectivity index (χ0v) is 9.64. The lowest BCUT2D eigenvalue weighted by molar-refractivity contribution is 1.19. The second-order valence-electron chi connectivity index (χ2n) is 3.55. The van der Waals surface area contributed by atoms with Gasteiger partial charge >= 0.3 is 0 Å². The molecule has 0 heterocycles. The van der Waals surface area contributed by atoms with Crippen molar-refractivity contribution in [1.82, 2.24) is 0 Å². The lowest BCUT2D eigenvalue weighted by Gasteiger charge is -2.01. The molecule has 2 rings (SSSR count). The molecule has 0 saturated carbocycles. The van der Waals surface area contributed by atoms with Crippen LogP contribution >= 0.6 is 0 Å². The first-order valence-electron chi connectivity index (χ1n) is 5.35. The Hall–Kier alpha value is -1.97. The van der Waals surface area contributed by atoms with Crippen molar-refractivity contribution in [3.8, 4) is 0 Å². The summed E-state index contributed by atoms with van der Waals surface area (Å²) in [7, 11) is 0. The van der Waals surface area contributed by atoms with E-state index in [4.69, 9.17) is 5.41 Å². The molecule has 17 heavy (non-hydrogen) atoms. The summed E-state index contributed by atoms with van der Waals surface area (Å²) in [5.41, 5.74) is 3.55. The van der Waals surface area contributed by atoms with Crippen molar-refractivity contribution < 1.29 is 0 Å². The van der Waals surface area contributed by atoms with Crippen LogP contribution in [0.2, 0.25) is 0 Å². The lowest BCUT2D eigenvalue weighted by atomic mass is 10.0. The summed E-state index contributed by atoms with van der Waals surface area (Å²) < 4.78 is 0. The van der Waals surface area contributed by atoms with E-state index in [1.165, 1.54) is 17.3 Å². The summed E-state index contributed by atoms with van der Waals surface area (Å²) in [6, 6.07) is 18.5. The van der Waals surface area contributed by atoms with E-state index in [9.17, 15) is 0 Å². The molecule has 5 N–H and O–H groups in total. The molecule has 0 spiro atoms. The first-order valence-corrected chi connectivity index (χ1v) is 5.35. The first-order chi connectivity index (χ1) is 8.38. The molecular weight excluding hydrogens is 210 g/mol. The summed E-state index contributed by atoms with van der Waals surface area (Å²) in [4.78, 5) is 0. The van der Waals surface area contributed by atoms with Crippen LogP contribution < -0.4 is 11.7 Å². The van der Waals surface area contributed by atoms with Gasteiger partial charge in [-0.05, 0) is 23.1 Å². The van der Waals surface area contributed by atoms with Crippen molar-refractivity contribution in [1.29, 1.82) is 5.41 Å². The van der Waals surface area contributed by atoms with Gasteiger partial charge in [0.15, 0.2) is 0 Å². The molecule has 0 amide bonds. The number of rotatable bonds is 3. The van der Waals surface area contributed by atoms with Crippen molar-refractivity contribution in [3.63, 3.8) is 0 Å². The molecule has 0 aromatic heterocycles. The van der Waals surface area contributed by atoms with Gasteiger partial charge in [0.1, 0.15) is 0 Å². The maximum atomic E-state index is 7.11. The molecule has 2 aromatic rings. The molecule has 0 aliphatic heterocycles. The number of hydrogen-bond acceptors (Lipinski definition) is 3. The quantitative estimate of drug-likeness (QED) is 0.426. The van der Waals surface area contributed by atoms with Crippen LogP contribution in [0, 0.1) is 5.41 Å². The molecular formula is C14H17N3. The van der Waals surface area contributed by atoms with E-state index in [0.29, 0.717) is 0 Å². The van der Waals surface area contributed by atoms with Gasteiger partial charge in [0.2, 0.25) is 0 Å². The van der Waals surface area contributed by atoms with Gasteiger partial charge in [0.05, 0.1) is 0 Å². The molecule has 0 aliphatic carbocycles. The molecule has 0 saturated heterocycles. The van der Waals surface area contributed by atoms with Gasteiger partial charge in [0.25, 0.3) is 0 Å². The molecule has 3 nitrogen and oxygen atoms in total. The monoisotopic (exact) mass is 227 g/mol. The van der Waals surface area contributed by atoms with E-state index in [1.54, 1.807) is 0 Å². The molecule has 0 unspecified atom stereocenters. The van der Waals surface area contributed by atoms with E-state index < -0.39 is 0 Å². The Morgan fingerprint density at radius 1 is 0.824 bits per heavy atom. The Bertz CT molecular complexity index is 435. The third kappa shape index (κ3) is 4.18. The van der Waals surface area contributed by atoms with Gasteiger partial charge in [-0.15, -0.1) is 0 Å². The maximum absolute atomic E-state index is 7.11. The third-order valence-electron chi connectivity index (χ3n) is 2.40. The van der Waals surface area contributed by atoms with Crippen LogP contribution in [-0.2, 0) is 6.42 Å². The molecule has 0 fully saturated rings. The summed E-state index contributed by atoms with van der Waals surface area (Å²) in [5.74, 6) is 8.00. The van der Waals surface area contributed by atoms with Crippen LogP contribution in [0.3, 0.4) is 0 Å². The van der Waals surface area contributed by atoms with Crippen LogP contribution in [0.1, 0.15) is 16.7 Å².